The molecule has 2 aromatic rings. The maximum Gasteiger partial charge on any atom is 0.289 e. The molecule has 0 aromatic heterocycles. The highest BCUT2D eigenvalue weighted by atomic mass is 16.5. The number of ketones is 1. The summed E-state index contributed by atoms with van der Waals surface area (Å²) in [6, 6.07) is 11.8. The number of Topliss-reactive ketones (excluding diaryl/α,β-unsaturated/α-hetero) is 1. The first-order chi connectivity index (χ1) is 27.0. The predicted molar refractivity (Wildman–Crippen MR) is 214 cm³/mol. The van der Waals surface area contributed by atoms with Gasteiger partial charge in [-0.05, 0) is 30.0 Å². The Kier molecular flexibility index (Phi) is 19.6. The van der Waals surface area contributed by atoms with E-state index in [0.717, 1.165) is 19.3 Å². The molecular formula is C42H60N6O8. The highest BCUT2D eigenvalue weighted by Gasteiger charge is 2.39. The summed E-state index contributed by atoms with van der Waals surface area (Å²) in [5.74, 6) is -4.12. The van der Waals surface area contributed by atoms with Crippen molar-refractivity contribution in [1.29, 1.82) is 0 Å². The van der Waals surface area contributed by atoms with Gasteiger partial charge in [-0.1, -0.05) is 108 Å². The van der Waals surface area contributed by atoms with Crippen LogP contribution in [0.2, 0.25) is 0 Å². The SMILES string of the molecule is C1CCCCC1.CCC.CN(C)C(=O)C(NC(=O)CNC(=O)C(=O)CNC(=O)C1Cc2ccc3cc2N1C(=O)CNC(=O)CCCCCCO3)c1ccccc1. The van der Waals surface area contributed by atoms with Crippen molar-refractivity contribution in [3.8, 4) is 5.75 Å². The Morgan fingerprint density at radius 3 is 2.11 bits per heavy atom. The molecule has 0 spiro atoms. The first-order valence-electron chi connectivity index (χ1n) is 19.9. The number of amides is 6. The minimum Gasteiger partial charge on any atom is -0.494 e. The lowest BCUT2D eigenvalue weighted by atomic mass is 10.0. The third kappa shape index (κ3) is 14.8. The fraction of sp³-hybridized carbons (Fsp3) is 0.548. The molecule has 2 bridgehead atoms. The maximum absolute atomic E-state index is 13.3. The van der Waals surface area contributed by atoms with Crippen molar-refractivity contribution >= 4 is 46.9 Å². The van der Waals surface area contributed by atoms with Crippen LogP contribution in [0.25, 0.3) is 0 Å². The van der Waals surface area contributed by atoms with E-state index < -0.39 is 54.6 Å². The molecule has 2 atom stereocenters. The number of nitrogens with one attached hydrogen (secondary N) is 4. The number of fused-ring (bicyclic) bond motifs is 1. The molecule has 0 radical (unpaired) electrons. The fourth-order valence-electron chi connectivity index (χ4n) is 6.38. The molecule has 6 amide bonds. The summed E-state index contributed by atoms with van der Waals surface area (Å²) in [6.07, 6.45) is 13.9. The zero-order chi connectivity index (χ0) is 40.9. The molecule has 2 unspecified atom stereocenters. The van der Waals surface area contributed by atoms with Crippen LogP contribution in [0.3, 0.4) is 0 Å². The van der Waals surface area contributed by atoms with Crippen LogP contribution in [0, 0.1) is 0 Å². The van der Waals surface area contributed by atoms with E-state index in [1.165, 1.54) is 54.7 Å². The van der Waals surface area contributed by atoms with Crippen molar-refractivity contribution in [2.24, 2.45) is 0 Å². The van der Waals surface area contributed by atoms with Gasteiger partial charge in [-0.3, -0.25) is 38.5 Å². The van der Waals surface area contributed by atoms with Gasteiger partial charge in [0.05, 0.1) is 31.9 Å². The smallest absolute Gasteiger partial charge is 0.289 e. The summed E-state index contributed by atoms with van der Waals surface area (Å²) in [6.45, 7) is 3.13. The van der Waals surface area contributed by atoms with Crippen molar-refractivity contribution in [2.75, 3.05) is 45.2 Å². The molecule has 2 aromatic carbocycles. The Bertz CT molecular complexity index is 1620. The lowest BCUT2D eigenvalue weighted by Crippen LogP contribution is -2.52. The molecule has 1 fully saturated rings. The molecule has 1 saturated carbocycles. The third-order valence-corrected chi connectivity index (χ3v) is 9.33. The maximum atomic E-state index is 13.3. The van der Waals surface area contributed by atoms with Gasteiger partial charge in [-0.2, -0.15) is 0 Å². The average molecular weight is 777 g/mol. The van der Waals surface area contributed by atoms with Crippen LogP contribution in [0.15, 0.2) is 48.5 Å². The number of carbonyl (C=O) groups is 7. The van der Waals surface area contributed by atoms with E-state index in [9.17, 15) is 33.6 Å². The third-order valence-electron chi connectivity index (χ3n) is 9.33. The first-order valence-corrected chi connectivity index (χ1v) is 19.9. The molecule has 2 heterocycles. The van der Waals surface area contributed by atoms with E-state index in [-0.39, 0.29) is 31.2 Å². The predicted octanol–water partition coefficient (Wildman–Crippen LogP) is 3.91. The van der Waals surface area contributed by atoms with Gasteiger partial charge in [0.15, 0.2) is 0 Å². The summed E-state index contributed by atoms with van der Waals surface area (Å²) >= 11 is 0. The number of anilines is 1. The van der Waals surface area contributed by atoms with Crippen LogP contribution < -0.4 is 30.9 Å². The van der Waals surface area contributed by atoms with Crippen molar-refractivity contribution in [1.82, 2.24) is 26.2 Å². The summed E-state index contributed by atoms with van der Waals surface area (Å²) in [7, 11) is 3.09. The van der Waals surface area contributed by atoms with Crippen LogP contribution in [0.1, 0.15) is 108 Å². The van der Waals surface area contributed by atoms with Crippen molar-refractivity contribution < 1.29 is 38.3 Å². The van der Waals surface area contributed by atoms with Crippen LogP contribution in [0.4, 0.5) is 5.69 Å². The Balaban J connectivity index is 0.000000828. The number of benzene rings is 2. The van der Waals surface area contributed by atoms with Crippen LogP contribution >= 0.6 is 0 Å². The molecule has 1 aliphatic carbocycles. The van der Waals surface area contributed by atoms with Gasteiger partial charge in [0, 0.05) is 33.0 Å². The second-order valence-corrected chi connectivity index (χ2v) is 14.4. The Morgan fingerprint density at radius 1 is 0.839 bits per heavy atom. The van der Waals surface area contributed by atoms with Crippen molar-refractivity contribution in [3.05, 3.63) is 59.7 Å². The highest BCUT2D eigenvalue weighted by molar-refractivity contribution is 6.37. The molecule has 2 aliphatic heterocycles. The quantitative estimate of drug-likeness (QED) is 0.277. The second kappa shape index (κ2) is 24.3. The van der Waals surface area contributed by atoms with Gasteiger partial charge < -0.3 is 30.9 Å². The molecule has 5 rings (SSSR count). The largest absolute Gasteiger partial charge is 0.494 e. The van der Waals surface area contributed by atoms with Gasteiger partial charge in [0.25, 0.3) is 5.91 Å². The number of ether oxygens (including phenoxy) is 1. The van der Waals surface area contributed by atoms with Gasteiger partial charge >= 0.3 is 0 Å². The number of likely N-dealkylation sites (N-methyl/N-ethyl adjacent to an activating group) is 1. The van der Waals surface area contributed by atoms with E-state index in [4.69, 9.17) is 4.74 Å². The van der Waals surface area contributed by atoms with Gasteiger partial charge in [-0.25, -0.2) is 0 Å². The number of hydrogen-bond acceptors (Lipinski definition) is 8. The van der Waals surface area contributed by atoms with Gasteiger partial charge in [-0.15, -0.1) is 0 Å². The highest BCUT2D eigenvalue weighted by Crippen LogP contribution is 2.35. The van der Waals surface area contributed by atoms with Crippen molar-refractivity contribution in [3.63, 3.8) is 0 Å². The molecule has 0 saturated heterocycles. The fourth-order valence-corrected chi connectivity index (χ4v) is 6.38. The molecular weight excluding hydrogens is 716 g/mol. The Hall–Kier alpha value is -5.27. The number of hydrogen-bond donors (Lipinski definition) is 4. The summed E-state index contributed by atoms with van der Waals surface area (Å²) in [5, 5.41) is 9.82. The lowest BCUT2D eigenvalue weighted by molar-refractivity contribution is -0.139. The minimum atomic E-state index is -1.11. The molecule has 14 nitrogen and oxygen atoms in total. The number of nitrogens with zero attached hydrogens (tertiary/aromatic N) is 2. The number of carbonyl (C=O) groups excluding carboxylic acids is 7. The normalized spacial score (nSPS) is 17.3. The summed E-state index contributed by atoms with van der Waals surface area (Å²) in [4.78, 5) is 91.8. The monoisotopic (exact) mass is 776 g/mol. The van der Waals surface area contributed by atoms with Crippen LogP contribution in [-0.2, 0) is 40.0 Å². The van der Waals surface area contributed by atoms with Gasteiger partial charge in [0.1, 0.15) is 17.8 Å². The minimum absolute atomic E-state index is 0.149. The Labute approximate surface area is 330 Å². The average Bonchev–Trinajstić information content (AvgIpc) is 3.59. The standard InChI is InChI=1S/C33H40N6O8.C6H12.C3H8/c1-38(2)33(46)30(21-10-6-5-7-11-21)37-28(42)19-36-32(45)26(40)18-35-31(44)25-16-22-13-14-23-17-24(22)39(25)29(43)20-34-27(41)12-8-3-4-9-15-47-23;1-2-4-6-5-3-1;1-3-2/h5-7,10-11,13-14,17,25,30H,3-4,8-9,12,15-16,18-20H2,1-2H3,(H,34,41)(H,35,44)(H,36,45)(H,37,42);1-6H2;3H2,1-2H3. The van der Waals surface area contributed by atoms with Crippen LogP contribution in [-0.4, -0.2) is 92.5 Å². The topological polar surface area (TPSA) is 183 Å². The second-order valence-electron chi connectivity index (χ2n) is 14.4. The molecule has 14 heteroatoms. The number of rotatable bonds is 9. The molecule has 56 heavy (non-hydrogen) atoms. The Morgan fingerprint density at radius 2 is 1.46 bits per heavy atom. The van der Waals surface area contributed by atoms with E-state index in [1.54, 1.807) is 62.6 Å². The zero-order valence-electron chi connectivity index (χ0n) is 33.5. The van der Waals surface area contributed by atoms with E-state index in [2.05, 4.69) is 35.1 Å². The van der Waals surface area contributed by atoms with E-state index >= 15 is 0 Å². The molecule has 3 aliphatic rings. The zero-order valence-corrected chi connectivity index (χ0v) is 33.5. The molecule has 306 valence electrons. The van der Waals surface area contributed by atoms with E-state index in [1.807, 2.05) is 0 Å². The first kappa shape index (κ1) is 45.1. The lowest BCUT2D eigenvalue weighted by Gasteiger charge is -2.25. The van der Waals surface area contributed by atoms with E-state index in [0.29, 0.717) is 35.6 Å². The van der Waals surface area contributed by atoms with Crippen LogP contribution in [0.5, 0.6) is 5.75 Å². The summed E-state index contributed by atoms with van der Waals surface area (Å²) < 4.78 is 5.86. The summed E-state index contributed by atoms with van der Waals surface area (Å²) in [5.41, 5.74) is 1.72. The molecule has 4 N–H and O–H groups in total. The van der Waals surface area contributed by atoms with Gasteiger partial charge in [0.2, 0.25) is 35.3 Å². The van der Waals surface area contributed by atoms with Crippen molar-refractivity contribution in [2.45, 2.75) is 109 Å².